The highest BCUT2D eigenvalue weighted by molar-refractivity contribution is 5.55. The van der Waals surface area contributed by atoms with Crippen LogP contribution >= 0.6 is 0 Å². The smallest absolute Gasteiger partial charge is 0.101 e. The Morgan fingerprint density at radius 1 is 1.54 bits per heavy atom. The van der Waals surface area contributed by atoms with Crippen LogP contribution in [-0.2, 0) is 6.42 Å². The van der Waals surface area contributed by atoms with Gasteiger partial charge in [0.1, 0.15) is 6.07 Å². The number of anilines is 1. The summed E-state index contributed by atoms with van der Waals surface area (Å²) in [6.45, 7) is 1.94. The zero-order valence-corrected chi connectivity index (χ0v) is 7.62. The van der Waals surface area contributed by atoms with Gasteiger partial charge in [0.05, 0.1) is 5.56 Å². The van der Waals surface area contributed by atoms with Crippen molar-refractivity contribution in [3.05, 3.63) is 29.3 Å². The van der Waals surface area contributed by atoms with Gasteiger partial charge < -0.3 is 11.5 Å². The Bertz CT molecular complexity index is 337. The van der Waals surface area contributed by atoms with Crippen molar-refractivity contribution in [3.8, 4) is 6.07 Å². The topological polar surface area (TPSA) is 75.8 Å². The second kappa shape index (κ2) is 3.92. The number of benzene rings is 1. The Kier molecular flexibility index (Phi) is 2.88. The number of nitrogens with zero attached hydrogens (tertiary/aromatic N) is 1. The van der Waals surface area contributed by atoms with E-state index in [9.17, 15) is 0 Å². The molecule has 0 radical (unpaired) electrons. The van der Waals surface area contributed by atoms with E-state index in [2.05, 4.69) is 0 Å². The maximum Gasteiger partial charge on any atom is 0.101 e. The summed E-state index contributed by atoms with van der Waals surface area (Å²) in [5.41, 5.74) is 13.4. The minimum atomic E-state index is 0.118. The third-order valence-electron chi connectivity index (χ3n) is 1.79. The molecule has 0 saturated heterocycles. The third-order valence-corrected chi connectivity index (χ3v) is 1.79. The van der Waals surface area contributed by atoms with Crippen molar-refractivity contribution < 1.29 is 0 Å². The van der Waals surface area contributed by atoms with Crippen LogP contribution < -0.4 is 11.5 Å². The molecule has 0 heterocycles. The van der Waals surface area contributed by atoms with Gasteiger partial charge in [0.25, 0.3) is 0 Å². The SMILES string of the molecule is CC(N)Cc1ccc(C#N)c(N)c1. The number of rotatable bonds is 2. The lowest BCUT2D eigenvalue weighted by molar-refractivity contribution is 0.738. The van der Waals surface area contributed by atoms with Crippen LogP contribution in [0, 0.1) is 11.3 Å². The van der Waals surface area contributed by atoms with Gasteiger partial charge in [-0.15, -0.1) is 0 Å². The van der Waals surface area contributed by atoms with Crippen molar-refractivity contribution in [2.75, 3.05) is 5.73 Å². The summed E-state index contributed by atoms with van der Waals surface area (Å²) in [5, 5.41) is 8.64. The van der Waals surface area contributed by atoms with Gasteiger partial charge in [0, 0.05) is 11.7 Å². The summed E-state index contributed by atoms with van der Waals surface area (Å²) in [6, 6.07) is 7.56. The predicted octanol–water partition coefficient (Wildman–Crippen LogP) is 1.03. The largest absolute Gasteiger partial charge is 0.398 e. The van der Waals surface area contributed by atoms with Gasteiger partial charge in [0.2, 0.25) is 0 Å². The van der Waals surface area contributed by atoms with Crippen molar-refractivity contribution >= 4 is 5.69 Å². The highest BCUT2D eigenvalue weighted by Gasteiger charge is 2.01. The Morgan fingerprint density at radius 2 is 2.23 bits per heavy atom. The van der Waals surface area contributed by atoms with Gasteiger partial charge >= 0.3 is 0 Å². The first-order valence-electron chi connectivity index (χ1n) is 4.17. The average Bonchev–Trinajstić information content (AvgIpc) is 2.03. The van der Waals surface area contributed by atoms with Crippen molar-refractivity contribution in [2.45, 2.75) is 19.4 Å². The van der Waals surface area contributed by atoms with E-state index >= 15 is 0 Å². The van der Waals surface area contributed by atoms with E-state index in [1.54, 1.807) is 6.07 Å². The molecule has 0 aliphatic carbocycles. The predicted molar refractivity (Wildman–Crippen MR) is 52.9 cm³/mol. The van der Waals surface area contributed by atoms with E-state index in [-0.39, 0.29) is 6.04 Å². The fourth-order valence-corrected chi connectivity index (χ4v) is 1.21. The first-order chi connectivity index (χ1) is 6.13. The molecule has 0 aliphatic rings. The van der Waals surface area contributed by atoms with Crippen LogP contribution in [0.4, 0.5) is 5.69 Å². The molecule has 1 aromatic rings. The van der Waals surface area contributed by atoms with Crippen molar-refractivity contribution in [3.63, 3.8) is 0 Å². The second-order valence-corrected chi connectivity index (χ2v) is 3.21. The van der Waals surface area contributed by atoms with Crippen LogP contribution in [0.2, 0.25) is 0 Å². The number of nitrogen functional groups attached to an aromatic ring is 1. The zero-order chi connectivity index (χ0) is 9.84. The van der Waals surface area contributed by atoms with E-state index < -0.39 is 0 Å². The van der Waals surface area contributed by atoms with Gasteiger partial charge in [-0.2, -0.15) is 5.26 Å². The molecule has 1 aromatic carbocycles. The Labute approximate surface area is 78.0 Å². The monoisotopic (exact) mass is 175 g/mol. The van der Waals surface area contributed by atoms with Crippen molar-refractivity contribution in [1.29, 1.82) is 5.26 Å². The molecule has 0 fully saturated rings. The maximum atomic E-state index is 8.64. The van der Waals surface area contributed by atoms with E-state index in [0.29, 0.717) is 11.3 Å². The molecule has 3 heteroatoms. The van der Waals surface area contributed by atoms with E-state index in [0.717, 1.165) is 12.0 Å². The molecule has 0 saturated carbocycles. The van der Waals surface area contributed by atoms with Gasteiger partial charge in [-0.3, -0.25) is 0 Å². The van der Waals surface area contributed by atoms with Gasteiger partial charge in [-0.05, 0) is 31.0 Å². The summed E-state index contributed by atoms with van der Waals surface area (Å²) in [6.07, 6.45) is 0.788. The lowest BCUT2D eigenvalue weighted by Gasteiger charge is -2.06. The van der Waals surface area contributed by atoms with Crippen LogP contribution in [0.1, 0.15) is 18.1 Å². The fraction of sp³-hybridized carbons (Fsp3) is 0.300. The van der Waals surface area contributed by atoms with E-state index in [4.69, 9.17) is 16.7 Å². The van der Waals surface area contributed by atoms with Crippen LogP contribution in [0.5, 0.6) is 0 Å². The average molecular weight is 175 g/mol. The Balaban J connectivity index is 2.91. The van der Waals surface area contributed by atoms with E-state index in [1.165, 1.54) is 0 Å². The first-order valence-corrected chi connectivity index (χ1v) is 4.17. The molecule has 68 valence electrons. The second-order valence-electron chi connectivity index (χ2n) is 3.21. The molecule has 1 rings (SSSR count). The standard InChI is InChI=1S/C10H13N3/c1-7(12)4-8-2-3-9(6-11)10(13)5-8/h2-3,5,7H,4,12-13H2,1H3. The Hall–Kier alpha value is -1.53. The fourth-order valence-electron chi connectivity index (χ4n) is 1.21. The van der Waals surface area contributed by atoms with Crippen LogP contribution in [0.25, 0.3) is 0 Å². The normalized spacial score (nSPS) is 12.1. The zero-order valence-electron chi connectivity index (χ0n) is 7.62. The number of nitriles is 1. The summed E-state index contributed by atoms with van der Waals surface area (Å²) >= 11 is 0. The highest BCUT2D eigenvalue weighted by atomic mass is 14.6. The molecular formula is C10H13N3. The number of hydrogen-bond acceptors (Lipinski definition) is 3. The minimum Gasteiger partial charge on any atom is -0.398 e. The Morgan fingerprint density at radius 3 is 2.69 bits per heavy atom. The molecule has 0 amide bonds. The molecule has 0 bridgehead atoms. The van der Waals surface area contributed by atoms with Crippen molar-refractivity contribution in [1.82, 2.24) is 0 Å². The van der Waals surface area contributed by atoms with Gasteiger partial charge in [0.15, 0.2) is 0 Å². The summed E-state index contributed by atoms with van der Waals surface area (Å²) in [5.74, 6) is 0. The quantitative estimate of drug-likeness (QED) is 0.659. The maximum absolute atomic E-state index is 8.64. The van der Waals surface area contributed by atoms with Gasteiger partial charge in [-0.1, -0.05) is 6.07 Å². The molecule has 0 aromatic heterocycles. The first kappa shape index (κ1) is 9.56. The lowest BCUT2D eigenvalue weighted by Crippen LogP contribution is -2.17. The van der Waals surface area contributed by atoms with Crippen LogP contribution in [-0.4, -0.2) is 6.04 Å². The molecule has 0 aliphatic heterocycles. The molecular weight excluding hydrogens is 162 g/mol. The molecule has 13 heavy (non-hydrogen) atoms. The summed E-state index contributed by atoms with van der Waals surface area (Å²) in [7, 11) is 0. The molecule has 3 nitrogen and oxygen atoms in total. The summed E-state index contributed by atoms with van der Waals surface area (Å²) < 4.78 is 0. The van der Waals surface area contributed by atoms with Gasteiger partial charge in [-0.25, -0.2) is 0 Å². The number of hydrogen-bond donors (Lipinski definition) is 2. The third kappa shape index (κ3) is 2.46. The molecule has 0 spiro atoms. The van der Waals surface area contributed by atoms with Crippen molar-refractivity contribution in [2.24, 2.45) is 5.73 Å². The van der Waals surface area contributed by atoms with Crippen LogP contribution in [0.15, 0.2) is 18.2 Å². The minimum absolute atomic E-state index is 0.118. The molecule has 1 unspecified atom stereocenters. The van der Waals surface area contributed by atoms with Crippen LogP contribution in [0.3, 0.4) is 0 Å². The highest BCUT2D eigenvalue weighted by Crippen LogP contribution is 2.13. The molecule has 4 N–H and O–H groups in total. The number of nitrogens with two attached hydrogens (primary N) is 2. The lowest BCUT2D eigenvalue weighted by atomic mass is 10.0. The van der Waals surface area contributed by atoms with E-state index in [1.807, 2.05) is 25.1 Å². The molecule has 1 atom stereocenters. The summed E-state index contributed by atoms with van der Waals surface area (Å²) in [4.78, 5) is 0.